The van der Waals surface area contributed by atoms with Crippen LogP contribution in [0.25, 0.3) is 0 Å². The average Bonchev–Trinajstić information content (AvgIpc) is 2.54. The predicted molar refractivity (Wildman–Crippen MR) is 95.5 cm³/mol. The Bertz CT molecular complexity index is 770. The van der Waals surface area contributed by atoms with Crippen LogP contribution in [0.1, 0.15) is 11.1 Å². The molecule has 0 unspecified atom stereocenters. The minimum absolute atomic E-state index is 0.101. The molecule has 0 bridgehead atoms. The van der Waals surface area contributed by atoms with Crippen molar-refractivity contribution >= 4 is 15.5 Å². The molecule has 0 aliphatic heterocycles. The van der Waals surface area contributed by atoms with Crippen molar-refractivity contribution in [3.8, 4) is 5.75 Å². The van der Waals surface area contributed by atoms with Crippen LogP contribution in [0, 0.1) is 6.92 Å². The number of aliphatic hydroxyl groups is 1. The summed E-state index contributed by atoms with van der Waals surface area (Å²) >= 11 is 0. The fourth-order valence-corrected chi connectivity index (χ4v) is 2.90. The Hall–Kier alpha value is -2.05. The molecule has 0 atom stereocenters. The first-order valence-electron chi connectivity index (χ1n) is 7.77. The lowest BCUT2D eigenvalue weighted by atomic mass is 10.1. The lowest BCUT2D eigenvalue weighted by Crippen LogP contribution is -2.10. The molecule has 6 heteroatoms. The summed E-state index contributed by atoms with van der Waals surface area (Å²) in [4.78, 5) is 0.233. The van der Waals surface area contributed by atoms with Crippen LogP contribution in [0.3, 0.4) is 0 Å². The average molecular weight is 349 g/mol. The highest BCUT2D eigenvalue weighted by Crippen LogP contribution is 2.28. The van der Waals surface area contributed by atoms with Gasteiger partial charge in [-0.25, -0.2) is 8.42 Å². The van der Waals surface area contributed by atoms with E-state index in [2.05, 4.69) is 29.6 Å². The van der Waals surface area contributed by atoms with Crippen molar-refractivity contribution in [1.29, 1.82) is 0 Å². The van der Waals surface area contributed by atoms with E-state index in [0.717, 1.165) is 6.42 Å². The van der Waals surface area contributed by atoms with Crippen LogP contribution in [-0.4, -0.2) is 39.5 Å². The summed E-state index contributed by atoms with van der Waals surface area (Å²) in [5, 5.41) is 12.1. The van der Waals surface area contributed by atoms with Gasteiger partial charge >= 0.3 is 0 Å². The molecule has 2 N–H and O–H groups in total. The van der Waals surface area contributed by atoms with Crippen LogP contribution >= 0.6 is 0 Å². The third-order valence-electron chi connectivity index (χ3n) is 3.58. The SMILES string of the molecule is Cc1ccc(CCNc2cc(S(C)(=O)=O)ccc2OCCO)cc1. The Morgan fingerprint density at radius 2 is 1.83 bits per heavy atom. The van der Waals surface area contributed by atoms with Crippen molar-refractivity contribution in [3.63, 3.8) is 0 Å². The number of anilines is 1. The number of benzene rings is 2. The molecule has 2 rings (SSSR count). The molecule has 5 nitrogen and oxygen atoms in total. The quantitative estimate of drug-likeness (QED) is 0.765. The molecule has 0 fully saturated rings. The number of rotatable bonds is 8. The third kappa shape index (κ3) is 5.25. The molecular formula is C18H23NO4S. The number of nitrogens with one attached hydrogen (secondary N) is 1. The van der Waals surface area contributed by atoms with E-state index < -0.39 is 9.84 Å². The second-order valence-corrected chi connectivity index (χ2v) is 7.68. The summed E-state index contributed by atoms with van der Waals surface area (Å²) in [5.74, 6) is 0.528. The lowest BCUT2D eigenvalue weighted by molar-refractivity contribution is 0.202. The zero-order valence-corrected chi connectivity index (χ0v) is 14.8. The first-order valence-corrected chi connectivity index (χ1v) is 9.66. The van der Waals surface area contributed by atoms with Crippen LogP contribution in [0.5, 0.6) is 5.75 Å². The van der Waals surface area contributed by atoms with E-state index in [-0.39, 0.29) is 18.1 Å². The fraction of sp³-hybridized carbons (Fsp3) is 0.333. The number of aryl methyl sites for hydroxylation is 1. The molecule has 0 spiro atoms. The molecule has 0 radical (unpaired) electrons. The highest BCUT2D eigenvalue weighted by atomic mass is 32.2. The summed E-state index contributed by atoms with van der Waals surface area (Å²) < 4.78 is 28.9. The molecule has 0 saturated carbocycles. The van der Waals surface area contributed by atoms with Gasteiger partial charge in [0.25, 0.3) is 0 Å². The molecule has 0 aromatic heterocycles. The van der Waals surface area contributed by atoms with Gasteiger partial charge in [0.1, 0.15) is 12.4 Å². The van der Waals surface area contributed by atoms with Gasteiger partial charge in [0.05, 0.1) is 17.2 Å². The number of sulfone groups is 1. The van der Waals surface area contributed by atoms with Crippen molar-refractivity contribution in [2.75, 3.05) is 31.3 Å². The van der Waals surface area contributed by atoms with Crippen molar-refractivity contribution in [1.82, 2.24) is 0 Å². The van der Waals surface area contributed by atoms with Crippen molar-refractivity contribution in [3.05, 3.63) is 53.6 Å². The molecule has 24 heavy (non-hydrogen) atoms. The summed E-state index contributed by atoms with van der Waals surface area (Å²) in [5.41, 5.74) is 3.02. The van der Waals surface area contributed by atoms with E-state index >= 15 is 0 Å². The normalized spacial score (nSPS) is 11.3. The van der Waals surface area contributed by atoms with Gasteiger partial charge in [-0.2, -0.15) is 0 Å². The van der Waals surface area contributed by atoms with Gasteiger partial charge in [-0.3, -0.25) is 0 Å². The van der Waals surface area contributed by atoms with E-state index in [1.165, 1.54) is 23.4 Å². The number of ether oxygens (including phenoxy) is 1. The molecule has 0 heterocycles. The maximum absolute atomic E-state index is 11.7. The maximum Gasteiger partial charge on any atom is 0.175 e. The Morgan fingerprint density at radius 3 is 2.46 bits per heavy atom. The van der Waals surface area contributed by atoms with Gasteiger partial charge in [0.2, 0.25) is 0 Å². The molecule has 0 aliphatic carbocycles. The minimum Gasteiger partial charge on any atom is -0.489 e. The van der Waals surface area contributed by atoms with Crippen LogP contribution in [0.4, 0.5) is 5.69 Å². The number of hydrogen-bond donors (Lipinski definition) is 2. The van der Waals surface area contributed by atoms with Crippen molar-refractivity contribution in [2.24, 2.45) is 0 Å². The molecular weight excluding hydrogens is 326 g/mol. The van der Waals surface area contributed by atoms with E-state index in [4.69, 9.17) is 9.84 Å². The molecule has 2 aromatic carbocycles. The van der Waals surface area contributed by atoms with Gasteiger partial charge in [-0.1, -0.05) is 29.8 Å². The summed E-state index contributed by atoms with van der Waals surface area (Å²) in [6.45, 7) is 2.75. The second-order valence-electron chi connectivity index (χ2n) is 5.66. The maximum atomic E-state index is 11.7. The molecule has 0 amide bonds. The predicted octanol–water partition coefficient (Wildman–Crippen LogP) is 2.42. The van der Waals surface area contributed by atoms with Gasteiger partial charge < -0.3 is 15.2 Å². The molecule has 0 aliphatic rings. The monoisotopic (exact) mass is 349 g/mol. The summed E-state index contributed by atoms with van der Waals surface area (Å²) in [7, 11) is -3.29. The fourth-order valence-electron chi connectivity index (χ4n) is 2.26. The second kappa shape index (κ2) is 8.17. The zero-order chi connectivity index (χ0) is 17.6. The van der Waals surface area contributed by atoms with E-state index in [1.807, 2.05) is 6.92 Å². The third-order valence-corrected chi connectivity index (χ3v) is 4.69. The Morgan fingerprint density at radius 1 is 1.12 bits per heavy atom. The van der Waals surface area contributed by atoms with Crippen molar-refractivity contribution in [2.45, 2.75) is 18.2 Å². The number of hydrogen-bond acceptors (Lipinski definition) is 5. The zero-order valence-electron chi connectivity index (χ0n) is 14.0. The lowest BCUT2D eigenvalue weighted by Gasteiger charge is -2.14. The van der Waals surface area contributed by atoms with Gasteiger partial charge in [-0.15, -0.1) is 0 Å². The van der Waals surface area contributed by atoms with Gasteiger partial charge in [0, 0.05) is 12.8 Å². The van der Waals surface area contributed by atoms with Crippen molar-refractivity contribution < 1.29 is 18.3 Å². The van der Waals surface area contributed by atoms with Gasteiger partial charge in [0.15, 0.2) is 9.84 Å². The first-order chi connectivity index (χ1) is 11.4. The highest BCUT2D eigenvalue weighted by molar-refractivity contribution is 7.90. The Kier molecular flexibility index (Phi) is 6.23. The summed E-state index contributed by atoms with van der Waals surface area (Å²) in [6, 6.07) is 13.0. The highest BCUT2D eigenvalue weighted by Gasteiger charge is 2.12. The van der Waals surface area contributed by atoms with Crippen LogP contribution in [0.15, 0.2) is 47.4 Å². The first kappa shape index (κ1) is 18.3. The topological polar surface area (TPSA) is 75.6 Å². The Balaban J connectivity index is 2.11. The van der Waals surface area contributed by atoms with Gasteiger partial charge in [-0.05, 0) is 37.1 Å². The van der Waals surface area contributed by atoms with Crippen LogP contribution in [-0.2, 0) is 16.3 Å². The standard InChI is InChI=1S/C18H23NO4S/c1-14-3-5-15(6-4-14)9-10-19-17-13-16(24(2,21)22)7-8-18(17)23-12-11-20/h3-8,13,19-20H,9-12H2,1-2H3. The minimum atomic E-state index is -3.29. The van der Waals surface area contributed by atoms with E-state index in [9.17, 15) is 8.42 Å². The van der Waals surface area contributed by atoms with Crippen LogP contribution in [0.2, 0.25) is 0 Å². The summed E-state index contributed by atoms with van der Waals surface area (Å²) in [6.07, 6.45) is 1.98. The molecule has 2 aromatic rings. The Labute approximate surface area is 143 Å². The largest absolute Gasteiger partial charge is 0.489 e. The smallest absolute Gasteiger partial charge is 0.175 e. The van der Waals surface area contributed by atoms with E-state index in [1.54, 1.807) is 12.1 Å². The van der Waals surface area contributed by atoms with E-state index in [0.29, 0.717) is 18.0 Å². The van der Waals surface area contributed by atoms with Crippen LogP contribution < -0.4 is 10.1 Å². The number of aliphatic hydroxyl groups excluding tert-OH is 1. The molecule has 0 saturated heterocycles. The molecule has 130 valence electrons.